The summed E-state index contributed by atoms with van der Waals surface area (Å²) in [5.74, 6) is 0. The van der Waals surface area contributed by atoms with Crippen LogP contribution in [0.1, 0.15) is 12.8 Å². The molecule has 0 bridgehead atoms. The van der Waals surface area contributed by atoms with E-state index in [1.807, 2.05) is 11.8 Å². The molecule has 0 unspecified atom stereocenters. The molecule has 0 aromatic heterocycles. The monoisotopic (exact) mass is 126 g/mol. The van der Waals surface area contributed by atoms with Crippen LogP contribution >= 0.6 is 11.8 Å². The van der Waals surface area contributed by atoms with Crippen LogP contribution in [-0.4, -0.2) is 6.26 Å². The van der Waals surface area contributed by atoms with Crippen molar-refractivity contribution in [2.75, 3.05) is 6.26 Å². The summed E-state index contributed by atoms with van der Waals surface area (Å²) < 4.78 is 0. The molecule has 0 heterocycles. The Balaban J connectivity index is 2.51. The lowest BCUT2D eigenvalue weighted by molar-refractivity contribution is 1.03. The Morgan fingerprint density at radius 3 is 2.75 bits per heavy atom. The summed E-state index contributed by atoms with van der Waals surface area (Å²) in [6.45, 7) is 0. The Hall–Kier alpha value is -0.170. The van der Waals surface area contributed by atoms with Gasteiger partial charge in [0.05, 0.1) is 0 Å². The second-order valence-corrected chi connectivity index (χ2v) is 2.67. The van der Waals surface area contributed by atoms with Crippen molar-refractivity contribution < 1.29 is 0 Å². The third-order valence-corrected chi connectivity index (χ3v) is 1.97. The number of thioether (sulfide) groups is 1. The summed E-state index contributed by atoms with van der Waals surface area (Å²) in [5, 5.41) is 0. The normalized spacial score (nSPS) is 18.4. The third kappa shape index (κ3) is 1.41. The molecule has 0 aromatic carbocycles. The predicted molar refractivity (Wildman–Crippen MR) is 40.0 cm³/mol. The zero-order valence-electron chi connectivity index (χ0n) is 5.05. The van der Waals surface area contributed by atoms with Gasteiger partial charge in [-0.2, -0.15) is 0 Å². The van der Waals surface area contributed by atoms with Gasteiger partial charge in [0, 0.05) is 4.91 Å². The van der Waals surface area contributed by atoms with Crippen LogP contribution in [0.3, 0.4) is 0 Å². The molecular weight excluding hydrogens is 116 g/mol. The molecule has 0 saturated heterocycles. The topological polar surface area (TPSA) is 0 Å². The van der Waals surface area contributed by atoms with E-state index in [-0.39, 0.29) is 0 Å². The molecule has 0 saturated carbocycles. The van der Waals surface area contributed by atoms with Gasteiger partial charge in [-0.15, -0.1) is 11.8 Å². The first kappa shape index (κ1) is 5.96. The first-order valence-electron chi connectivity index (χ1n) is 2.84. The van der Waals surface area contributed by atoms with Crippen molar-refractivity contribution in [1.82, 2.24) is 0 Å². The smallest absolute Gasteiger partial charge is 0.00261 e. The standard InChI is InChI=1S/C7H10S/c1-8-7-5-3-2-4-6-7/h3,5-6H,2,4H2,1H3. The van der Waals surface area contributed by atoms with Crippen molar-refractivity contribution in [3.63, 3.8) is 0 Å². The van der Waals surface area contributed by atoms with Crippen LogP contribution in [0.25, 0.3) is 0 Å². The van der Waals surface area contributed by atoms with Gasteiger partial charge in [0.15, 0.2) is 0 Å². The maximum Gasteiger partial charge on any atom is 0.00261 e. The van der Waals surface area contributed by atoms with E-state index < -0.39 is 0 Å². The molecule has 0 N–H and O–H groups in total. The molecule has 0 fully saturated rings. The lowest BCUT2D eigenvalue weighted by Gasteiger charge is -2.00. The molecule has 1 rings (SSSR count). The van der Waals surface area contributed by atoms with Gasteiger partial charge in [0.2, 0.25) is 0 Å². The molecular formula is C7H10S. The van der Waals surface area contributed by atoms with Gasteiger partial charge < -0.3 is 0 Å². The molecule has 0 spiro atoms. The van der Waals surface area contributed by atoms with E-state index in [0.29, 0.717) is 0 Å². The number of hydrogen-bond acceptors (Lipinski definition) is 1. The van der Waals surface area contributed by atoms with Crippen molar-refractivity contribution >= 4 is 11.8 Å². The minimum absolute atomic E-state index is 1.23. The van der Waals surface area contributed by atoms with Gasteiger partial charge in [-0.1, -0.05) is 18.2 Å². The molecule has 44 valence electrons. The molecule has 0 radical (unpaired) electrons. The van der Waals surface area contributed by atoms with E-state index in [9.17, 15) is 0 Å². The van der Waals surface area contributed by atoms with Crippen LogP contribution in [0, 0.1) is 0 Å². The minimum Gasteiger partial charge on any atom is -0.130 e. The fourth-order valence-electron chi connectivity index (χ4n) is 0.741. The SMILES string of the molecule is CSC1=CCCC=C1. The highest BCUT2D eigenvalue weighted by molar-refractivity contribution is 8.02. The fourth-order valence-corrected chi connectivity index (χ4v) is 1.26. The third-order valence-electron chi connectivity index (χ3n) is 1.20. The predicted octanol–water partition coefficient (Wildman–Crippen LogP) is 2.58. The molecule has 1 aliphatic carbocycles. The van der Waals surface area contributed by atoms with Gasteiger partial charge in [0.25, 0.3) is 0 Å². The van der Waals surface area contributed by atoms with Gasteiger partial charge in [-0.05, 0) is 19.1 Å². The zero-order valence-corrected chi connectivity index (χ0v) is 5.87. The van der Waals surface area contributed by atoms with Crippen molar-refractivity contribution in [2.24, 2.45) is 0 Å². The first-order chi connectivity index (χ1) is 3.93. The van der Waals surface area contributed by atoms with Gasteiger partial charge in [-0.25, -0.2) is 0 Å². The first-order valence-corrected chi connectivity index (χ1v) is 4.06. The Kier molecular flexibility index (Phi) is 2.22. The van der Waals surface area contributed by atoms with Crippen LogP contribution in [0.2, 0.25) is 0 Å². The molecule has 0 amide bonds. The van der Waals surface area contributed by atoms with Crippen molar-refractivity contribution in [3.8, 4) is 0 Å². The largest absolute Gasteiger partial charge is 0.130 e. The summed E-state index contributed by atoms with van der Waals surface area (Å²) in [6.07, 6.45) is 11.3. The summed E-state index contributed by atoms with van der Waals surface area (Å²) in [4.78, 5) is 1.41. The van der Waals surface area contributed by atoms with Gasteiger partial charge >= 0.3 is 0 Å². The van der Waals surface area contributed by atoms with Crippen molar-refractivity contribution in [1.29, 1.82) is 0 Å². The highest BCUT2D eigenvalue weighted by Gasteiger charge is 1.91. The maximum atomic E-state index is 2.28. The van der Waals surface area contributed by atoms with E-state index in [1.165, 1.54) is 17.7 Å². The number of rotatable bonds is 1. The van der Waals surface area contributed by atoms with E-state index >= 15 is 0 Å². The highest BCUT2D eigenvalue weighted by atomic mass is 32.2. The Morgan fingerprint density at radius 1 is 1.50 bits per heavy atom. The molecule has 1 heteroatoms. The summed E-state index contributed by atoms with van der Waals surface area (Å²) in [6, 6.07) is 0. The van der Waals surface area contributed by atoms with Crippen LogP contribution < -0.4 is 0 Å². The highest BCUT2D eigenvalue weighted by Crippen LogP contribution is 2.18. The van der Waals surface area contributed by atoms with Gasteiger partial charge in [0.1, 0.15) is 0 Å². The lowest BCUT2D eigenvalue weighted by atomic mass is 10.2. The molecule has 0 aromatic rings. The number of allylic oxidation sites excluding steroid dienone is 3. The van der Waals surface area contributed by atoms with Crippen LogP contribution in [0.15, 0.2) is 23.1 Å². The summed E-state index contributed by atoms with van der Waals surface area (Å²) in [7, 11) is 0. The fraction of sp³-hybridized carbons (Fsp3) is 0.429. The Labute approximate surface area is 54.7 Å². The van der Waals surface area contributed by atoms with E-state index in [4.69, 9.17) is 0 Å². The quantitative estimate of drug-likeness (QED) is 0.520. The average molecular weight is 126 g/mol. The van der Waals surface area contributed by atoms with Crippen molar-refractivity contribution in [3.05, 3.63) is 23.1 Å². The maximum absolute atomic E-state index is 2.28. The minimum atomic E-state index is 1.23. The zero-order chi connectivity index (χ0) is 5.82. The van der Waals surface area contributed by atoms with Gasteiger partial charge in [-0.3, -0.25) is 0 Å². The van der Waals surface area contributed by atoms with Crippen molar-refractivity contribution in [2.45, 2.75) is 12.8 Å². The summed E-state index contributed by atoms with van der Waals surface area (Å²) in [5.41, 5.74) is 0. The second-order valence-electron chi connectivity index (χ2n) is 1.79. The molecule has 0 aliphatic heterocycles. The van der Waals surface area contributed by atoms with E-state index in [1.54, 1.807) is 0 Å². The van der Waals surface area contributed by atoms with E-state index in [2.05, 4.69) is 24.5 Å². The molecule has 8 heavy (non-hydrogen) atoms. The second kappa shape index (κ2) is 2.98. The van der Waals surface area contributed by atoms with Crippen LogP contribution in [0.5, 0.6) is 0 Å². The van der Waals surface area contributed by atoms with Crippen LogP contribution in [-0.2, 0) is 0 Å². The lowest BCUT2D eigenvalue weighted by Crippen LogP contribution is -1.77. The molecule has 0 atom stereocenters. The Bertz CT molecular complexity index is 122. The van der Waals surface area contributed by atoms with Crippen LogP contribution in [0.4, 0.5) is 0 Å². The summed E-state index contributed by atoms with van der Waals surface area (Å²) >= 11 is 1.82. The average Bonchev–Trinajstić information content (AvgIpc) is 1.90. The number of hydrogen-bond donors (Lipinski definition) is 0. The molecule has 0 nitrogen and oxygen atoms in total. The molecule has 1 aliphatic rings. The Morgan fingerprint density at radius 2 is 2.38 bits per heavy atom. The van der Waals surface area contributed by atoms with E-state index in [0.717, 1.165) is 0 Å².